The molecule has 1 aromatic carbocycles. The summed E-state index contributed by atoms with van der Waals surface area (Å²) in [5.74, 6) is 1.59. The monoisotopic (exact) mass is 293 g/mol. The van der Waals surface area contributed by atoms with E-state index >= 15 is 0 Å². The molecule has 0 N–H and O–H groups in total. The van der Waals surface area contributed by atoms with Crippen LogP contribution in [0.5, 0.6) is 5.75 Å². The summed E-state index contributed by atoms with van der Waals surface area (Å²) in [5, 5.41) is 0. The predicted molar refractivity (Wildman–Crippen MR) is 67.2 cm³/mol. The van der Waals surface area contributed by atoms with Crippen LogP contribution in [-0.2, 0) is 4.79 Å². The molecule has 1 aromatic rings. The average molecular weight is 294 g/mol. The number of amides is 1. The molecule has 2 heterocycles. The van der Waals surface area contributed by atoms with Gasteiger partial charge in [-0.1, -0.05) is 6.07 Å². The molecule has 2 aliphatic heterocycles. The van der Waals surface area contributed by atoms with Gasteiger partial charge in [-0.05, 0) is 46.8 Å². The van der Waals surface area contributed by atoms with Crippen molar-refractivity contribution in [3.63, 3.8) is 0 Å². The van der Waals surface area contributed by atoms with Gasteiger partial charge in [0.1, 0.15) is 6.10 Å². The fraction of sp³-hybridized carbons (Fsp3) is 0.462. The molecule has 3 aliphatic rings. The summed E-state index contributed by atoms with van der Waals surface area (Å²) in [5.41, 5.74) is 0.940. The Morgan fingerprint density at radius 2 is 2.24 bits per heavy atom. The van der Waals surface area contributed by atoms with Gasteiger partial charge in [0.05, 0.1) is 16.2 Å². The topological polar surface area (TPSA) is 29.5 Å². The molecule has 1 saturated carbocycles. The maximum absolute atomic E-state index is 12.1. The third-order valence-corrected chi connectivity index (χ3v) is 4.79. The van der Waals surface area contributed by atoms with Crippen LogP contribution in [0, 0.1) is 5.92 Å². The number of carbonyl (C=O) groups excluding carboxylic acids is 1. The van der Waals surface area contributed by atoms with Crippen LogP contribution in [0.2, 0.25) is 0 Å². The first kappa shape index (κ1) is 9.95. The normalized spacial score (nSPS) is 33.4. The van der Waals surface area contributed by atoms with E-state index in [4.69, 9.17) is 4.74 Å². The molecule has 1 aliphatic carbocycles. The van der Waals surface area contributed by atoms with Gasteiger partial charge < -0.3 is 9.64 Å². The van der Waals surface area contributed by atoms with Crippen LogP contribution in [0.1, 0.15) is 19.3 Å². The standard InChI is InChI=1S/C13H12BrNO2/c14-8-2-1-3-9-13(8)17-10-5-4-7-6-11(16)15(9)12(7)10/h1-3,7,10,12H,4-6H2/t7-,10-,12+/m1/s1. The Hall–Kier alpha value is -1.03. The van der Waals surface area contributed by atoms with Crippen molar-refractivity contribution in [2.24, 2.45) is 5.92 Å². The second-order valence-electron chi connectivity index (χ2n) is 5.04. The maximum atomic E-state index is 12.1. The Labute approximate surface area is 108 Å². The third-order valence-electron chi connectivity index (χ3n) is 4.16. The van der Waals surface area contributed by atoms with Crippen LogP contribution >= 0.6 is 15.9 Å². The van der Waals surface area contributed by atoms with Crippen LogP contribution in [0.4, 0.5) is 5.69 Å². The van der Waals surface area contributed by atoms with Crippen molar-refractivity contribution in [3.8, 4) is 5.75 Å². The molecule has 1 saturated heterocycles. The number of hydrogen-bond acceptors (Lipinski definition) is 2. The number of ether oxygens (including phenoxy) is 1. The number of anilines is 1. The van der Waals surface area contributed by atoms with Crippen molar-refractivity contribution in [2.45, 2.75) is 31.4 Å². The molecule has 2 fully saturated rings. The molecular formula is C13H12BrNO2. The smallest absolute Gasteiger partial charge is 0.227 e. The molecule has 0 spiro atoms. The molecule has 3 nitrogen and oxygen atoms in total. The number of halogens is 1. The number of para-hydroxylation sites is 1. The van der Waals surface area contributed by atoms with Gasteiger partial charge in [0, 0.05) is 6.42 Å². The van der Waals surface area contributed by atoms with Crippen molar-refractivity contribution in [1.82, 2.24) is 0 Å². The van der Waals surface area contributed by atoms with Crippen LogP contribution < -0.4 is 9.64 Å². The molecule has 0 radical (unpaired) electrons. The van der Waals surface area contributed by atoms with E-state index in [1.165, 1.54) is 0 Å². The van der Waals surface area contributed by atoms with E-state index in [-0.39, 0.29) is 18.1 Å². The molecule has 1 amide bonds. The second-order valence-corrected chi connectivity index (χ2v) is 5.89. The minimum atomic E-state index is 0.192. The van der Waals surface area contributed by atoms with Gasteiger partial charge in [-0.25, -0.2) is 0 Å². The van der Waals surface area contributed by atoms with E-state index in [0.29, 0.717) is 12.3 Å². The van der Waals surface area contributed by atoms with E-state index < -0.39 is 0 Å². The molecule has 0 aromatic heterocycles. The molecule has 17 heavy (non-hydrogen) atoms. The molecule has 4 rings (SSSR count). The second kappa shape index (κ2) is 3.25. The van der Waals surface area contributed by atoms with Gasteiger partial charge >= 0.3 is 0 Å². The SMILES string of the molecule is O=C1C[C@H]2CC[C@H]3Oc4c(Br)cccc4N1[C@@H]23. The summed E-state index contributed by atoms with van der Waals surface area (Å²) in [7, 11) is 0. The summed E-state index contributed by atoms with van der Waals surface area (Å²) in [6.45, 7) is 0. The average Bonchev–Trinajstić information content (AvgIpc) is 2.84. The fourth-order valence-corrected chi connectivity index (χ4v) is 3.94. The van der Waals surface area contributed by atoms with Crippen molar-refractivity contribution < 1.29 is 9.53 Å². The van der Waals surface area contributed by atoms with Gasteiger partial charge in [-0.3, -0.25) is 4.79 Å². The number of nitrogens with zero attached hydrogens (tertiary/aromatic N) is 1. The Morgan fingerprint density at radius 3 is 3.12 bits per heavy atom. The zero-order valence-electron chi connectivity index (χ0n) is 9.23. The lowest BCUT2D eigenvalue weighted by Crippen LogP contribution is -2.46. The van der Waals surface area contributed by atoms with Gasteiger partial charge in [-0.15, -0.1) is 0 Å². The highest BCUT2D eigenvalue weighted by molar-refractivity contribution is 9.10. The van der Waals surface area contributed by atoms with Gasteiger partial charge in [0.15, 0.2) is 5.75 Å². The first-order chi connectivity index (χ1) is 8.25. The number of fused-ring (bicyclic) bond motifs is 2. The Morgan fingerprint density at radius 1 is 1.35 bits per heavy atom. The first-order valence-corrected chi connectivity index (χ1v) is 6.82. The van der Waals surface area contributed by atoms with Crippen molar-refractivity contribution in [1.29, 1.82) is 0 Å². The quantitative estimate of drug-likeness (QED) is 0.736. The van der Waals surface area contributed by atoms with Gasteiger partial charge in [0.2, 0.25) is 5.91 Å². The summed E-state index contributed by atoms with van der Waals surface area (Å²) < 4.78 is 7.02. The Bertz CT molecular complexity index is 516. The van der Waals surface area contributed by atoms with E-state index in [2.05, 4.69) is 15.9 Å². The predicted octanol–water partition coefficient (Wildman–Crippen LogP) is 2.73. The highest BCUT2D eigenvalue weighted by Crippen LogP contribution is 2.51. The maximum Gasteiger partial charge on any atom is 0.227 e. The Balaban J connectivity index is 1.92. The fourth-order valence-electron chi connectivity index (χ4n) is 3.49. The molecule has 0 bridgehead atoms. The van der Waals surface area contributed by atoms with E-state index in [0.717, 1.165) is 28.8 Å². The number of hydrogen-bond donors (Lipinski definition) is 0. The number of rotatable bonds is 0. The molecule has 3 atom stereocenters. The first-order valence-electron chi connectivity index (χ1n) is 6.03. The lowest BCUT2D eigenvalue weighted by atomic mass is 10.0. The van der Waals surface area contributed by atoms with E-state index in [1.54, 1.807) is 0 Å². The van der Waals surface area contributed by atoms with Crippen LogP contribution in [0.15, 0.2) is 22.7 Å². The number of benzene rings is 1. The van der Waals surface area contributed by atoms with Crippen LogP contribution in [0.3, 0.4) is 0 Å². The molecule has 0 unspecified atom stereocenters. The van der Waals surface area contributed by atoms with Crippen LogP contribution in [-0.4, -0.2) is 18.1 Å². The minimum Gasteiger partial charge on any atom is -0.485 e. The van der Waals surface area contributed by atoms with Crippen molar-refractivity contribution in [2.75, 3.05) is 4.90 Å². The van der Waals surface area contributed by atoms with Gasteiger partial charge in [0.25, 0.3) is 0 Å². The highest BCUT2D eigenvalue weighted by Gasteiger charge is 2.53. The molecule has 88 valence electrons. The molecular weight excluding hydrogens is 282 g/mol. The van der Waals surface area contributed by atoms with Gasteiger partial charge in [-0.2, -0.15) is 0 Å². The summed E-state index contributed by atoms with van der Waals surface area (Å²) in [6, 6.07) is 6.19. The summed E-state index contributed by atoms with van der Waals surface area (Å²) >= 11 is 3.51. The molecule has 4 heteroatoms. The highest BCUT2D eigenvalue weighted by atomic mass is 79.9. The lowest BCUT2D eigenvalue weighted by molar-refractivity contribution is -0.117. The minimum absolute atomic E-state index is 0.192. The largest absolute Gasteiger partial charge is 0.485 e. The van der Waals surface area contributed by atoms with E-state index in [1.807, 2.05) is 23.1 Å². The summed E-state index contributed by atoms with van der Waals surface area (Å²) in [6.07, 6.45) is 3.07. The van der Waals surface area contributed by atoms with Crippen LogP contribution in [0.25, 0.3) is 0 Å². The lowest BCUT2D eigenvalue weighted by Gasteiger charge is -2.36. The Kier molecular flexibility index (Phi) is 1.90. The van der Waals surface area contributed by atoms with Crippen molar-refractivity contribution in [3.05, 3.63) is 22.7 Å². The van der Waals surface area contributed by atoms with Crippen molar-refractivity contribution >= 4 is 27.5 Å². The summed E-state index contributed by atoms with van der Waals surface area (Å²) in [4.78, 5) is 14.1. The zero-order valence-corrected chi connectivity index (χ0v) is 10.8. The third kappa shape index (κ3) is 1.19. The van der Waals surface area contributed by atoms with E-state index in [9.17, 15) is 4.79 Å². The number of carbonyl (C=O) groups is 1. The zero-order chi connectivity index (χ0) is 11.6.